The summed E-state index contributed by atoms with van der Waals surface area (Å²) in [6.45, 7) is 7.58. The monoisotopic (exact) mass is 478 g/mol. The second kappa shape index (κ2) is 10.9. The third-order valence-electron chi connectivity index (χ3n) is 5.21. The Morgan fingerprint density at radius 1 is 1.24 bits per heavy atom. The van der Waals surface area contributed by atoms with Crippen LogP contribution in [-0.2, 0) is 14.8 Å². The average molecular weight is 479 g/mol. The normalized spacial score (nSPS) is 15.7. The fraction of sp³-hybridized carbons (Fsp3) is 0.524. The van der Waals surface area contributed by atoms with Gasteiger partial charge in [0.15, 0.2) is 11.5 Å². The smallest absolute Gasteiger partial charge is 0.275 e. The first-order chi connectivity index (χ1) is 15.8. The molecular formula is C21H30N6O5S. The number of carbonyl (C=O) groups excluding carboxylic acids is 1. The lowest BCUT2D eigenvalue weighted by Crippen LogP contribution is -2.46. The lowest BCUT2D eigenvalue weighted by molar-refractivity contribution is -0.121. The third-order valence-corrected chi connectivity index (χ3v) is 7.10. The molecule has 2 heterocycles. The van der Waals surface area contributed by atoms with Crippen LogP contribution in [0, 0.1) is 0 Å². The number of ether oxygens (including phenoxy) is 1. The Bertz CT molecular complexity index is 1140. The van der Waals surface area contributed by atoms with Crippen molar-refractivity contribution in [3.63, 3.8) is 0 Å². The Hall–Kier alpha value is -2.83. The standard InChI is InChI=1S/C21H30N6O5S/c1-4-6-18(28)23-14(3)19-21(29)24-20(26-25-19)16-13-15(7-8-17(16)32-5-2)33(30,31)27-11-9-22-10-12-27/h7-8,13-14,22H,4-6,9-12H2,1-3H3,(H,23,28)(H,24,26,29). The number of nitrogens with one attached hydrogen (secondary N) is 3. The molecule has 11 nitrogen and oxygen atoms in total. The van der Waals surface area contributed by atoms with Crippen LogP contribution in [-0.4, -0.2) is 66.6 Å². The van der Waals surface area contributed by atoms with Crippen LogP contribution in [0.25, 0.3) is 11.4 Å². The number of hydrogen-bond donors (Lipinski definition) is 3. The minimum Gasteiger partial charge on any atom is -0.493 e. The van der Waals surface area contributed by atoms with E-state index in [0.717, 1.165) is 0 Å². The minimum absolute atomic E-state index is 0.0609. The molecule has 1 aliphatic heterocycles. The number of aromatic nitrogens is 3. The Morgan fingerprint density at radius 2 is 1.97 bits per heavy atom. The molecule has 3 rings (SSSR count). The zero-order valence-electron chi connectivity index (χ0n) is 19.1. The number of amides is 1. The SMILES string of the molecule is CCCC(=O)NC(C)c1nnc(-c2cc(S(=O)(=O)N3CCNCC3)ccc2OCC)[nH]c1=O. The number of carbonyl (C=O) groups is 1. The summed E-state index contributed by atoms with van der Waals surface area (Å²) in [5, 5.41) is 14.0. The summed E-state index contributed by atoms with van der Waals surface area (Å²) in [6, 6.07) is 3.85. The van der Waals surface area contributed by atoms with Gasteiger partial charge in [-0.05, 0) is 38.5 Å². The molecule has 33 heavy (non-hydrogen) atoms. The topological polar surface area (TPSA) is 146 Å². The van der Waals surface area contributed by atoms with Gasteiger partial charge in [-0.25, -0.2) is 8.42 Å². The molecular weight excluding hydrogens is 448 g/mol. The van der Waals surface area contributed by atoms with E-state index in [-0.39, 0.29) is 22.3 Å². The lowest BCUT2D eigenvalue weighted by Gasteiger charge is -2.26. The fourth-order valence-corrected chi connectivity index (χ4v) is 5.00. The van der Waals surface area contributed by atoms with Crippen molar-refractivity contribution in [3.8, 4) is 17.1 Å². The number of sulfonamides is 1. The van der Waals surface area contributed by atoms with Gasteiger partial charge in [0.2, 0.25) is 15.9 Å². The van der Waals surface area contributed by atoms with Crippen LogP contribution in [0.15, 0.2) is 27.9 Å². The van der Waals surface area contributed by atoms with Crippen molar-refractivity contribution >= 4 is 15.9 Å². The van der Waals surface area contributed by atoms with Crippen LogP contribution in [0.3, 0.4) is 0 Å². The van der Waals surface area contributed by atoms with E-state index in [0.29, 0.717) is 56.9 Å². The Balaban J connectivity index is 1.97. The lowest BCUT2D eigenvalue weighted by atomic mass is 10.2. The van der Waals surface area contributed by atoms with E-state index >= 15 is 0 Å². The van der Waals surface area contributed by atoms with Crippen molar-refractivity contribution in [3.05, 3.63) is 34.2 Å². The van der Waals surface area contributed by atoms with E-state index in [9.17, 15) is 18.0 Å². The predicted octanol–water partition coefficient (Wildman–Crippen LogP) is 0.802. The molecule has 180 valence electrons. The molecule has 1 fully saturated rings. The second-order valence-corrected chi connectivity index (χ2v) is 9.61. The molecule has 0 aliphatic carbocycles. The Labute approximate surface area is 193 Å². The highest BCUT2D eigenvalue weighted by atomic mass is 32.2. The molecule has 1 aromatic carbocycles. The molecule has 1 amide bonds. The zero-order valence-corrected chi connectivity index (χ0v) is 19.9. The summed E-state index contributed by atoms with van der Waals surface area (Å²) < 4.78 is 33.3. The number of piperazine rings is 1. The second-order valence-electron chi connectivity index (χ2n) is 7.67. The van der Waals surface area contributed by atoms with Crippen molar-refractivity contribution in [1.82, 2.24) is 30.1 Å². The summed E-state index contributed by atoms with van der Waals surface area (Å²) in [4.78, 5) is 27.3. The summed E-state index contributed by atoms with van der Waals surface area (Å²) in [5.74, 6) is 0.273. The third kappa shape index (κ3) is 5.75. The van der Waals surface area contributed by atoms with E-state index in [1.54, 1.807) is 19.9 Å². The van der Waals surface area contributed by atoms with Crippen LogP contribution >= 0.6 is 0 Å². The predicted molar refractivity (Wildman–Crippen MR) is 122 cm³/mol. The number of nitrogens with zero attached hydrogens (tertiary/aromatic N) is 3. The molecule has 1 unspecified atom stereocenters. The van der Waals surface area contributed by atoms with Gasteiger partial charge in [0.1, 0.15) is 5.75 Å². The van der Waals surface area contributed by atoms with Gasteiger partial charge < -0.3 is 20.4 Å². The highest BCUT2D eigenvalue weighted by molar-refractivity contribution is 7.89. The number of hydrogen-bond acceptors (Lipinski definition) is 8. The molecule has 1 aromatic heterocycles. The van der Waals surface area contributed by atoms with Crippen LogP contribution in [0.4, 0.5) is 0 Å². The van der Waals surface area contributed by atoms with Gasteiger partial charge in [-0.3, -0.25) is 9.59 Å². The van der Waals surface area contributed by atoms with Crippen LogP contribution in [0.5, 0.6) is 5.75 Å². The Morgan fingerprint density at radius 3 is 2.61 bits per heavy atom. The van der Waals surface area contributed by atoms with E-state index in [1.165, 1.54) is 16.4 Å². The van der Waals surface area contributed by atoms with Gasteiger partial charge in [-0.1, -0.05) is 6.92 Å². The molecule has 1 saturated heterocycles. The largest absolute Gasteiger partial charge is 0.493 e. The number of aromatic amines is 1. The molecule has 1 atom stereocenters. The minimum atomic E-state index is -3.72. The van der Waals surface area contributed by atoms with Gasteiger partial charge in [-0.2, -0.15) is 4.31 Å². The first-order valence-electron chi connectivity index (χ1n) is 11.0. The molecule has 1 aliphatic rings. The average Bonchev–Trinajstić information content (AvgIpc) is 2.80. The fourth-order valence-electron chi connectivity index (χ4n) is 3.53. The summed E-state index contributed by atoms with van der Waals surface area (Å²) in [7, 11) is -3.72. The molecule has 0 radical (unpaired) electrons. The highest BCUT2D eigenvalue weighted by Gasteiger charge is 2.27. The maximum absolute atomic E-state index is 13.1. The number of benzene rings is 1. The molecule has 3 N–H and O–H groups in total. The van der Waals surface area contributed by atoms with Crippen LogP contribution < -0.4 is 20.9 Å². The summed E-state index contributed by atoms with van der Waals surface area (Å²) >= 11 is 0. The quantitative estimate of drug-likeness (QED) is 0.480. The molecule has 0 bridgehead atoms. The molecule has 0 spiro atoms. The van der Waals surface area contributed by atoms with Crippen molar-refractivity contribution in [2.75, 3.05) is 32.8 Å². The van der Waals surface area contributed by atoms with Crippen LogP contribution in [0.1, 0.15) is 45.3 Å². The maximum Gasteiger partial charge on any atom is 0.275 e. The van der Waals surface area contributed by atoms with E-state index in [2.05, 4.69) is 25.8 Å². The van der Waals surface area contributed by atoms with Crippen molar-refractivity contribution in [1.29, 1.82) is 0 Å². The summed E-state index contributed by atoms with van der Waals surface area (Å²) in [5.41, 5.74) is -0.153. The van der Waals surface area contributed by atoms with Crippen molar-refractivity contribution in [2.45, 2.75) is 44.6 Å². The van der Waals surface area contributed by atoms with Crippen molar-refractivity contribution in [2.24, 2.45) is 0 Å². The Kier molecular flexibility index (Phi) is 8.16. The van der Waals surface area contributed by atoms with E-state index < -0.39 is 21.6 Å². The first kappa shape index (κ1) is 24.8. The maximum atomic E-state index is 13.1. The summed E-state index contributed by atoms with van der Waals surface area (Å²) in [6.07, 6.45) is 1.03. The van der Waals surface area contributed by atoms with Gasteiger partial charge in [-0.15, -0.1) is 10.2 Å². The first-order valence-corrected chi connectivity index (χ1v) is 12.5. The van der Waals surface area contributed by atoms with E-state index in [4.69, 9.17) is 4.74 Å². The molecule has 2 aromatic rings. The number of rotatable bonds is 9. The molecule has 12 heteroatoms. The van der Waals surface area contributed by atoms with Gasteiger partial charge >= 0.3 is 0 Å². The van der Waals surface area contributed by atoms with Crippen molar-refractivity contribution < 1.29 is 17.9 Å². The number of H-pyrrole nitrogens is 1. The van der Waals surface area contributed by atoms with Gasteiger partial charge in [0.05, 0.1) is 23.1 Å². The van der Waals surface area contributed by atoms with E-state index in [1.807, 2.05) is 6.92 Å². The zero-order chi connectivity index (χ0) is 24.0. The van der Waals surface area contributed by atoms with Gasteiger partial charge in [0, 0.05) is 32.6 Å². The molecule has 0 saturated carbocycles. The van der Waals surface area contributed by atoms with Gasteiger partial charge in [0.25, 0.3) is 5.56 Å². The highest BCUT2D eigenvalue weighted by Crippen LogP contribution is 2.31. The van der Waals surface area contributed by atoms with Crippen LogP contribution in [0.2, 0.25) is 0 Å².